The maximum Gasteiger partial charge on any atom is 0.129 e. The zero-order valence-electron chi connectivity index (χ0n) is 5.66. The smallest absolute Gasteiger partial charge is 0.129 e. The topological polar surface area (TPSA) is 40.5 Å². The van der Waals surface area contributed by atoms with E-state index in [9.17, 15) is 0 Å². The van der Waals surface area contributed by atoms with Gasteiger partial charge in [0.15, 0.2) is 0 Å². The van der Waals surface area contributed by atoms with E-state index in [-0.39, 0.29) is 11.2 Å². The number of hydrogen-bond donors (Lipinski definition) is 2. The molecular weight excluding hydrogens is 254 g/mol. The van der Waals surface area contributed by atoms with Crippen LogP contribution in [0, 0.1) is 0 Å². The van der Waals surface area contributed by atoms with E-state index in [1.54, 1.807) is 12.1 Å². The quantitative estimate of drug-likeness (QED) is 0.441. The summed E-state index contributed by atoms with van der Waals surface area (Å²) in [7, 11) is 5.47. The Kier molecular flexibility index (Phi) is 2.78. The van der Waals surface area contributed by atoms with E-state index >= 15 is 0 Å². The Morgan fingerprint density at radius 2 is 2.09 bits per heavy atom. The Morgan fingerprint density at radius 3 is 2.55 bits per heavy atom. The molecule has 1 aromatic carbocycles. The van der Waals surface area contributed by atoms with Gasteiger partial charge < -0.3 is 10.2 Å². The van der Waals surface area contributed by atoms with Crippen LogP contribution < -0.4 is 5.46 Å². The molecule has 0 spiro atoms. The summed E-state index contributed by atoms with van der Waals surface area (Å²) < 4.78 is -0.667. The molecule has 56 valence electrons. The molecule has 2 nitrogen and oxygen atoms in total. The second-order valence-corrected chi connectivity index (χ2v) is 3.30. The Bertz CT molecular complexity index is 263. The maximum absolute atomic E-state index is 9.12. The van der Waals surface area contributed by atoms with Crippen molar-refractivity contribution in [1.82, 2.24) is 0 Å². The Hall–Kier alpha value is -0.225. The van der Waals surface area contributed by atoms with Crippen LogP contribution in [0.3, 0.4) is 0 Å². The summed E-state index contributed by atoms with van der Waals surface area (Å²) in [5.74, 6) is 0.0122. The molecule has 1 aromatic rings. The van der Waals surface area contributed by atoms with Gasteiger partial charge in [0.25, 0.3) is 0 Å². The van der Waals surface area contributed by atoms with Crippen molar-refractivity contribution in [2.75, 3.05) is 0 Å². The summed E-state index contributed by atoms with van der Waals surface area (Å²) in [5, 5.41) is 18.2. The van der Waals surface area contributed by atoms with E-state index < -0.39 is 4.11 Å². The normalized spacial score (nSPS) is 12.9. The number of benzene rings is 1. The van der Waals surface area contributed by atoms with Crippen molar-refractivity contribution in [1.29, 1.82) is 0 Å². The molecule has 0 saturated carbocycles. The lowest BCUT2D eigenvalue weighted by Crippen LogP contribution is -2.11. The minimum Gasteiger partial charge on any atom is -0.509 e. The summed E-state index contributed by atoms with van der Waals surface area (Å²) in [6.07, 6.45) is 0. The summed E-state index contributed by atoms with van der Waals surface area (Å²) >= 11 is 1.82. The zero-order valence-corrected chi connectivity index (χ0v) is 7.82. The van der Waals surface area contributed by atoms with E-state index in [2.05, 4.69) is 0 Å². The summed E-state index contributed by atoms with van der Waals surface area (Å²) in [5.41, 5.74) is 0.792. The fraction of sp³-hybridized carbons (Fsp3) is 0.143. The summed E-state index contributed by atoms with van der Waals surface area (Å²) in [6.45, 7) is 0. The van der Waals surface area contributed by atoms with E-state index in [0.717, 1.165) is 0 Å². The molecule has 0 aliphatic carbocycles. The zero-order chi connectivity index (χ0) is 8.43. The van der Waals surface area contributed by atoms with Gasteiger partial charge in [-0.3, -0.25) is 0 Å². The lowest BCUT2D eigenvalue weighted by molar-refractivity contribution is 0.287. The van der Waals surface area contributed by atoms with Gasteiger partial charge in [-0.2, -0.15) is 0 Å². The molecule has 0 heterocycles. The van der Waals surface area contributed by atoms with Gasteiger partial charge in [0.2, 0.25) is 0 Å². The standard InChI is InChI=1S/C7H6BIO2/c8-6-4(7(9)11)2-1-3-5(6)10/h1-3,7,10-11H. The van der Waals surface area contributed by atoms with Gasteiger partial charge in [0.05, 0.1) is 0 Å². The van der Waals surface area contributed by atoms with Gasteiger partial charge in [-0.25, -0.2) is 0 Å². The molecule has 0 aliphatic heterocycles. The minimum atomic E-state index is -0.667. The number of phenols is 1. The molecule has 2 N–H and O–H groups in total. The van der Waals surface area contributed by atoms with Gasteiger partial charge >= 0.3 is 0 Å². The molecule has 0 fully saturated rings. The molecule has 1 rings (SSSR count). The first-order chi connectivity index (χ1) is 5.13. The Labute approximate surface area is 79.8 Å². The van der Waals surface area contributed by atoms with Crippen molar-refractivity contribution in [3.8, 4) is 5.75 Å². The highest BCUT2D eigenvalue weighted by atomic mass is 127. The van der Waals surface area contributed by atoms with Crippen molar-refractivity contribution in [2.24, 2.45) is 0 Å². The highest BCUT2D eigenvalue weighted by Crippen LogP contribution is 2.19. The minimum absolute atomic E-state index is 0.0122. The molecule has 4 heteroatoms. The van der Waals surface area contributed by atoms with Crippen LogP contribution in [0.25, 0.3) is 0 Å². The molecular formula is C7H6BIO2. The third-order valence-corrected chi connectivity index (χ3v) is 2.04. The van der Waals surface area contributed by atoms with Crippen LogP contribution in [0.15, 0.2) is 18.2 Å². The molecule has 11 heavy (non-hydrogen) atoms. The molecule has 1 atom stereocenters. The van der Waals surface area contributed by atoms with Crippen LogP contribution in [0.1, 0.15) is 9.67 Å². The van der Waals surface area contributed by atoms with E-state index in [0.29, 0.717) is 5.56 Å². The van der Waals surface area contributed by atoms with Crippen molar-refractivity contribution >= 4 is 35.9 Å². The van der Waals surface area contributed by atoms with Gasteiger partial charge in [0, 0.05) is 0 Å². The van der Waals surface area contributed by atoms with Crippen LogP contribution >= 0.6 is 22.6 Å². The molecule has 1 unspecified atom stereocenters. The number of aromatic hydroxyl groups is 1. The monoisotopic (exact) mass is 260 g/mol. The van der Waals surface area contributed by atoms with Gasteiger partial charge in [-0.1, -0.05) is 12.1 Å². The molecule has 2 radical (unpaired) electrons. The predicted octanol–water partition coefficient (Wildman–Crippen LogP) is 0.612. The second-order valence-electron chi connectivity index (χ2n) is 2.12. The van der Waals surface area contributed by atoms with E-state index in [1.807, 2.05) is 22.6 Å². The fourth-order valence-electron chi connectivity index (χ4n) is 0.778. The SMILES string of the molecule is [B]c1c(O)cccc1C(O)I. The van der Waals surface area contributed by atoms with Crippen molar-refractivity contribution in [2.45, 2.75) is 4.11 Å². The Morgan fingerprint density at radius 1 is 1.45 bits per heavy atom. The van der Waals surface area contributed by atoms with Crippen LogP contribution in [-0.2, 0) is 0 Å². The number of aliphatic hydroxyl groups excluding tert-OH is 1. The molecule has 0 aliphatic rings. The third kappa shape index (κ3) is 1.87. The first-order valence-corrected chi connectivity index (χ1v) is 4.27. The number of alkyl halides is 1. The number of rotatable bonds is 1. The van der Waals surface area contributed by atoms with Crippen LogP contribution in [0.4, 0.5) is 0 Å². The molecule has 0 amide bonds. The molecule has 0 bridgehead atoms. The van der Waals surface area contributed by atoms with E-state index in [1.165, 1.54) is 6.07 Å². The van der Waals surface area contributed by atoms with E-state index in [4.69, 9.17) is 18.1 Å². The van der Waals surface area contributed by atoms with Crippen molar-refractivity contribution in [3.05, 3.63) is 23.8 Å². The Balaban J connectivity index is 3.17. The van der Waals surface area contributed by atoms with Crippen LogP contribution in [0.5, 0.6) is 5.75 Å². The van der Waals surface area contributed by atoms with Crippen LogP contribution in [-0.4, -0.2) is 18.1 Å². The molecule has 0 saturated heterocycles. The van der Waals surface area contributed by atoms with Crippen LogP contribution in [0.2, 0.25) is 0 Å². The summed E-state index contributed by atoms with van der Waals surface area (Å²) in [6, 6.07) is 4.80. The first-order valence-electron chi connectivity index (χ1n) is 3.02. The maximum atomic E-state index is 9.12. The fourth-order valence-corrected chi connectivity index (χ4v) is 1.32. The highest BCUT2D eigenvalue weighted by molar-refractivity contribution is 14.1. The average Bonchev–Trinajstić information content (AvgIpc) is 1.94. The van der Waals surface area contributed by atoms with Gasteiger partial charge in [-0.05, 0) is 39.7 Å². The third-order valence-electron chi connectivity index (χ3n) is 1.37. The predicted molar refractivity (Wildman–Crippen MR) is 52.5 cm³/mol. The lowest BCUT2D eigenvalue weighted by atomic mass is 9.90. The largest absolute Gasteiger partial charge is 0.509 e. The summed E-state index contributed by atoms with van der Waals surface area (Å²) in [4.78, 5) is 0. The number of halogens is 1. The van der Waals surface area contributed by atoms with Gasteiger partial charge in [0.1, 0.15) is 17.7 Å². The lowest BCUT2D eigenvalue weighted by Gasteiger charge is -2.08. The highest BCUT2D eigenvalue weighted by Gasteiger charge is 2.07. The first kappa shape index (κ1) is 8.87. The number of aliphatic hydroxyl groups is 1. The van der Waals surface area contributed by atoms with Crippen molar-refractivity contribution in [3.63, 3.8) is 0 Å². The second kappa shape index (κ2) is 3.45. The number of phenolic OH excluding ortho intramolecular Hbond substituents is 1. The van der Waals surface area contributed by atoms with Gasteiger partial charge in [-0.15, -0.1) is 0 Å². The van der Waals surface area contributed by atoms with Crippen molar-refractivity contribution < 1.29 is 10.2 Å². The molecule has 0 aromatic heterocycles. The number of hydrogen-bond acceptors (Lipinski definition) is 2. The average molecular weight is 260 g/mol.